The Labute approximate surface area is 104 Å². The minimum absolute atomic E-state index is 0.0978. The van der Waals surface area contributed by atoms with Gasteiger partial charge < -0.3 is 5.32 Å². The summed E-state index contributed by atoms with van der Waals surface area (Å²) >= 11 is 0. The van der Waals surface area contributed by atoms with Gasteiger partial charge in [0.15, 0.2) is 0 Å². The van der Waals surface area contributed by atoms with E-state index in [-0.39, 0.29) is 12.5 Å². The molecule has 2 aromatic rings. The molecule has 0 unspecified atom stereocenters. The molecule has 0 saturated heterocycles. The van der Waals surface area contributed by atoms with E-state index in [1.165, 1.54) is 6.33 Å². The standard InChI is InChI=1S/C13H10N4O/c18-11-7-15-12(9-4-2-1-3-5-9)13-10(17-11)6-14-8-16-13/h1-6,8H,7H2,(H,17,18). The molecule has 2 heterocycles. The van der Waals surface area contributed by atoms with E-state index >= 15 is 0 Å². The topological polar surface area (TPSA) is 67.2 Å². The van der Waals surface area contributed by atoms with Crippen molar-refractivity contribution >= 4 is 17.3 Å². The number of anilines is 1. The fraction of sp³-hybridized carbons (Fsp3) is 0.0769. The van der Waals surface area contributed by atoms with E-state index in [1.807, 2.05) is 30.3 Å². The minimum atomic E-state index is -0.156. The Morgan fingerprint density at radius 2 is 2.00 bits per heavy atom. The van der Waals surface area contributed by atoms with Crippen LogP contribution in [0.4, 0.5) is 5.69 Å². The predicted molar refractivity (Wildman–Crippen MR) is 67.6 cm³/mol. The lowest BCUT2D eigenvalue weighted by molar-refractivity contribution is -0.114. The highest BCUT2D eigenvalue weighted by Crippen LogP contribution is 2.18. The molecule has 1 aromatic carbocycles. The van der Waals surface area contributed by atoms with Crippen LogP contribution < -0.4 is 5.32 Å². The Hall–Kier alpha value is -2.56. The molecule has 1 amide bonds. The van der Waals surface area contributed by atoms with E-state index in [0.29, 0.717) is 17.1 Å². The molecule has 0 fully saturated rings. The summed E-state index contributed by atoms with van der Waals surface area (Å²) in [6.07, 6.45) is 3.04. The molecule has 0 saturated carbocycles. The van der Waals surface area contributed by atoms with Gasteiger partial charge in [0.1, 0.15) is 18.6 Å². The lowest BCUT2D eigenvalue weighted by Crippen LogP contribution is -2.14. The summed E-state index contributed by atoms with van der Waals surface area (Å²) < 4.78 is 0. The maximum Gasteiger partial charge on any atom is 0.246 e. The fourth-order valence-electron chi connectivity index (χ4n) is 1.85. The molecule has 5 nitrogen and oxygen atoms in total. The van der Waals surface area contributed by atoms with Crippen molar-refractivity contribution < 1.29 is 4.79 Å². The average Bonchev–Trinajstić information content (AvgIpc) is 2.58. The highest BCUT2D eigenvalue weighted by molar-refractivity contribution is 6.17. The fourth-order valence-corrected chi connectivity index (χ4v) is 1.85. The molecular formula is C13H10N4O. The van der Waals surface area contributed by atoms with Crippen LogP contribution in [0, 0.1) is 0 Å². The van der Waals surface area contributed by atoms with Gasteiger partial charge in [-0.15, -0.1) is 0 Å². The van der Waals surface area contributed by atoms with Gasteiger partial charge in [0, 0.05) is 5.56 Å². The Morgan fingerprint density at radius 3 is 2.83 bits per heavy atom. The molecule has 1 N–H and O–H groups in total. The van der Waals surface area contributed by atoms with Crippen molar-refractivity contribution in [3.8, 4) is 0 Å². The molecule has 18 heavy (non-hydrogen) atoms. The molecule has 0 atom stereocenters. The van der Waals surface area contributed by atoms with Crippen molar-refractivity contribution in [1.82, 2.24) is 9.97 Å². The molecule has 88 valence electrons. The van der Waals surface area contributed by atoms with Crippen LogP contribution in [0.5, 0.6) is 0 Å². The number of benzene rings is 1. The van der Waals surface area contributed by atoms with Gasteiger partial charge in [0.05, 0.1) is 17.6 Å². The molecule has 3 rings (SSSR count). The SMILES string of the molecule is O=C1CN=C(c2ccccc2)c2ncncc2N1. The van der Waals surface area contributed by atoms with Gasteiger partial charge in [0.2, 0.25) is 5.91 Å². The molecule has 0 aliphatic carbocycles. The van der Waals surface area contributed by atoms with Crippen LogP contribution >= 0.6 is 0 Å². The molecule has 1 aliphatic rings. The number of fused-ring (bicyclic) bond motifs is 1. The molecule has 1 aliphatic heterocycles. The van der Waals surface area contributed by atoms with Gasteiger partial charge in [-0.1, -0.05) is 30.3 Å². The van der Waals surface area contributed by atoms with Crippen molar-refractivity contribution in [1.29, 1.82) is 0 Å². The normalized spacial score (nSPS) is 14.2. The smallest absolute Gasteiger partial charge is 0.246 e. The monoisotopic (exact) mass is 238 g/mol. The first-order chi connectivity index (χ1) is 8.84. The van der Waals surface area contributed by atoms with E-state index in [1.54, 1.807) is 6.20 Å². The van der Waals surface area contributed by atoms with Crippen molar-refractivity contribution in [3.63, 3.8) is 0 Å². The van der Waals surface area contributed by atoms with Crippen LogP contribution in [-0.4, -0.2) is 28.1 Å². The first kappa shape index (κ1) is 10.6. The summed E-state index contributed by atoms with van der Waals surface area (Å²) in [5, 5.41) is 2.74. The van der Waals surface area contributed by atoms with E-state index in [0.717, 1.165) is 5.56 Å². The van der Waals surface area contributed by atoms with Crippen LogP contribution in [0.1, 0.15) is 11.3 Å². The molecule has 0 bridgehead atoms. The van der Waals surface area contributed by atoms with Gasteiger partial charge in [0.25, 0.3) is 0 Å². The van der Waals surface area contributed by atoms with Crippen LogP contribution in [0.25, 0.3) is 0 Å². The number of carbonyl (C=O) groups excluding carboxylic acids is 1. The quantitative estimate of drug-likeness (QED) is 0.813. The zero-order chi connectivity index (χ0) is 12.4. The zero-order valence-electron chi connectivity index (χ0n) is 9.50. The summed E-state index contributed by atoms with van der Waals surface area (Å²) in [4.78, 5) is 24.0. The number of hydrogen-bond donors (Lipinski definition) is 1. The van der Waals surface area contributed by atoms with E-state index in [9.17, 15) is 4.79 Å². The summed E-state index contributed by atoms with van der Waals surface area (Å²) in [5.74, 6) is -0.156. The predicted octanol–water partition coefficient (Wildman–Crippen LogP) is 1.27. The van der Waals surface area contributed by atoms with Crippen molar-refractivity contribution in [2.75, 3.05) is 11.9 Å². The third-order valence-corrected chi connectivity index (χ3v) is 2.64. The first-order valence-corrected chi connectivity index (χ1v) is 5.55. The second-order valence-electron chi connectivity index (χ2n) is 3.86. The number of hydrogen-bond acceptors (Lipinski definition) is 4. The molecule has 0 radical (unpaired) electrons. The van der Waals surface area contributed by atoms with Crippen LogP contribution in [0.3, 0.4) is 0 Å². The Kier molecular flexibility index (Phi) is 2.57. The van der Waals surface area contributed by atoms with Gasteiger partial charge in [-0.2, -0.15) is 0 Å². The highest BCUT2D eigenvalue weighted by Gasteiger charge is 2.18. The van der Waals surface area contributed by atoms with Crippen LogP contribution in [0.15, 0.2) is 47.8 Å². The number of amides is 1. The van der Waals surface area contributed by atoms with E-state index < -0.39 is 0 Å². The maximum absolute atomic E-state index is 11.5. The van der Waals surface area contributed by atoms with Crippen molar-refractivity contribution in [3.05, 3.63) is 54.1 Å². The summed E-state index contributed by atoms with van der Waals surface area (Å²) in [7, 11) is 0. The molecule has 1 aromatic heterocycles. The second kappa shape index (κ2) is 4.37. The van der Waals surface area contributed by atoms with E-state index in [2.05, 4.69) is 20.3 Å². The number of carbonyl (C=O) groups is 1. The molecule has 0 spiro atoms. The first-order valence-electron chi connectivity index (χ1n) is 5.55. The van der Waals surface area contributed by atoms with Gasteiger partial charge in [-0.25, -0.2) is 9.97 Å². The number of rotatable bonds is 1. The largest absolute Gasteiger partial charge is 0.321 e. The molecular weight excluding hydrogens is 228 g/mol. The molecule has 5 heteroatoms. The lowest BCUT2D eigenvalue weighted by Gasteiger charge is -2.07. The minimum Gasteiger partial charge on any atom is -0.321 e. The van der Waals surface area contributed by atoms with Crippen molar-refractivity contribution in [2.24, 2.45) is 4.99 Å². The summed E-state index contributed by atoms with van der Waals surface area (Å²) in [6, 6.07) is 9.68. The van der Waals surface area contributed by atoms with E-state index in [4.69, 9.17) is 0 Å². The number of aromatic nitrogens is 2. The Morgan fingerprint density at radius 1 is 1.17 bits per heavy atom. The third-order valence-electron chi connectivity index (χ3n) is 2.64. The number of nitrogens with zero attached hydrogens (tertiary/aromatic N) is 3. The van der Waals surface area contributed by atoms with Gasteiger partial charge >= 0.3 is 0 Å². The van der Waals surface area contributed by atoms with Crippen molar-refractivity contribution in [2.45, 2.75) is 0 Å². The Bertz CT molecular complexity index is 622. The summed E-state index contributed by atoms with van der Waals surface area (Å²) in [6.45, 7) is 0.0978. The summed E-state index contributed by atoms with van der Waals surface area (Å²) in [5.41, 5.74) is 2.91. The zero-order valence-corrected chi connectivity index (χ0v) is 9.50. The Balaban J connectivity index is 2.17. The van der Waals surface area contributed by atoms with Crippen LogP contribution in [-0.2, 0) is 4.79 Å². The third kappa shape index (κ3) is 1.86. The maximum atomic E-state index is 11.5. The number of aliphatic imine (C=N–C) groups is 1. The van der Waals surface area contributed by atoms with Gasteiger partial charge in [-0.05, 0) is 0 Å². The second-order valence-corrected chi connectivity index (χ2v) is 3.86. The highest BCUT2D eigenvalue weighted by atomic mass is 16.1. The lowest BCUT2D eigenvalue weighted by atomic mass is 10.1. The van der Waals surface area contributed by atoms with Gasteiger partial charge in [-0.3, -0.25) is 9.79 Å². The average molecular weight is 238 g/mol. The number of nitrogens with one attached hydrogen (secondary N) is 1. The van der Waals surface area contributed by atoms with Crippen LogP contribution in [0.2, 0.25) is 0 Å².